The lowest BCUT2D eigenvalue weighted by Gasteiger charge is -2.03. The minimum Gasteiger partial charge on any atom is -0.475 e. The van der Waals surface area contributed by atoms with Crippen LogP contribution in [0.1, 0.15) is 23.7 Å². The highest BCUT2D eigenvalue weighted by Gasteiger charge is 2.38. The summed E-state index contributed by atoms with van der Waals surface area (Å²) in [5.41, 5.74) is 3.42. The third kappa shape index (κ3) is 5.78. The van der Waals surface area contributed by atoms with Gasteiger partial charge >= 0.3 is 12.1 Å². The smallest absolute Gasteiger partial charge is 0.475 e. The molecule has 1 aromatic rings. The van der Waals surface area contributed by atoms with Gasteiger partial charge in [0.05, 0.1) is 5.69 Å². The molecule has 2 heterocycles. The zero-order valence-corrected chi connectivity index (χ0v) is 11.1. The highest BCUT2D eigenvalue weighted by Crippen LogP contribution is 2.14. The van der Waals surface area contributed by atoms with Gasteiger partial charge in [0.15, 0.2) is 0 Å². The van der Waals surface area contributed by atoms with Crippen molar-refractivity contribution < 1.29 is 27.9 Å². The number of carbonyl (C=O) groups excluding carboxylic acids is 1. The highest BCUT2D eigenvalue weighted by atomic mass is 19.4. The average molecular weight is 305 g/mol. The molecule has 0 aliphatic carbocycles. The lowest BCUT2D eigenvalue weighted by atomic mass is 10.1. The van der Waals surface area contributed by atoms with E-state index in [2.05, 4.69) is 21.7 Å². The Kier molecular flexibility index (Phi) is 5.65. The number of carboxylic acid groups (broad SMARTS) is 1. The number of amides is 1. The highest BCUT2D eigenvalue weighted by molar-refractivity contribution is 5.73. The normalized spacial score (nSPS) is 13.0. The molecule has 1 amide bonds. The third-order valence-electron chi connectivity index (χ3n) is 2.51. The first-order chi connectivity index (χ1) is 9.70. The van der Waals surface area contributed by atoms with Gasteiger partial charge in [0.1, 0.15) is 0 Å². The summed E-state index contributed by atoms with van der Waals surface area (Å²) in [6, 6.07) is 2.10. The second-order valence-electron chi connectivity index (χ2n) is 4.27. The van der Waals surface area contributed by atoms with Gasteiger partial charge < -0.3 is 15.7 Å². The summed E-state index contributed by atoms with van der Waals surface area (Å²) in [5, 5.41) is 13.1. The van der Waals surface area contributed by atoms with Gasteiger partial charge in [-0.15, -0.1) is 0 Å². The Morgan fingerprint density at radius 2 is 2.05 bits per heavy atom. The van der Waals surface area contributed by atoms with Gasteiger partial charge in [0, 0.05) is 32.8 Å². The number of aliphatic carboxylic acids is 1. The number of carbonyl (C=O) groups is 2. The largest absolute Gasteiger partial charge is 0.490 e. The van der Waals surface area contributed by atoms with Crippen molar-refractivity contribution in [2.75, 3.05) is 0 Å². The maximum atomic E-state index is 10.7. The van der Waals surface area contributed by atoms with Gasteiger partial charge in [0.2, 0.25) is 5.91 Å². The lowest BCUT2D eigenvalue weighted by Crippen LogP contribution is -2.21. The Bertz CT molecular complexity index is 532. The number of nitrogens with zero attached hydrogens (tertiary/aromatic N) is 1. The molecule has 6 nitrogen and oxygen atoms in total. The van der Waals surface area contributed by atoms with Gasteiger partial charge in [-0.25, -0.2) is 4.79 Å². The van der Waals surface area contributed by atoms with Crippen molar-refractivity contribution in [3.05, 3.63) is 29.1 Å². The molecule has 116 valence electrons. The second-order valence-corrected chi connectivity index (χ2v) is 4.27. The summed E-state index contributed by atoms with van der Waals surface area (Å²) < 4.78 is 31.7. The van der Waals surface area contributed by atoms with Gasteiger partial charge in [0.25, 0.3) is 0 Å². The number of aromatic nitrogens is 1. The van der Waals surface area contributed by atoms with Crippen molar-refractivity contribution in [3.63, 3.8) is 0 Å². The Balaban J connectivity index is 0.000000270. The number of carboxylic acids is 1. The fourth-order valence-electron chi connectivity index (χ4n) is 1.54. The predicted octanol–water partition coefficient (Wildman–Crippen LogP) is 0.954. The maximum absolute atomic E-state index is 10.7. The van der Waals surface area contributed by atoms with Crippen LogP contribution in [0.4, 0.5) is 13.2 Å². The number of fused-ring (bicyclic) bond motifs is 1. The lowest BCUT2D eigenvalue weighted by molar-refractivity contribution is -0.192. The van der Waals surface area contributed by atoms with Crippen LogP contribution in [-0.2, 0) is 29.2 Å². The minimum atomic E-state index is -5.08. The zero-order valence-electron chi connectivity index (χ0n) is 11.1. The van der Waals surface area contributed by atoms with Crippen molar-refractivity contribution in [2.45, 2.75) is 32.7 Å². The summed E-state index contributed by atoms with van der Waals surface area (Å²) in [4.78, 5) is 23.9. The van der Waals surface area contributed by atoms with Crippen molar-refractivity contribution >= 4 is 11.9 Å². The van der Waals surface area contributed by atoms with E-state index in [4.69, 9.17) is 9.90 Å². The van der Waals surface area contributed by atoms with Gasteiger partial charge in [-0.1, -0.05) is 0 Å². The van der Waals surface area contributed by atoms with Crippen molar-refractivity contribution in [3.8, 4) is 0 Å². The summed E-state index contributed by atoms with van der Waals surface area (Å²) in [6.45, 7) is 3.82. The summed E-state index contributed by atoms with van der Waals surface area (Å²) in [7, 11) is 0. The van der Waals surface area contributed by atoms with E-state index >= 15 is 0 Å². The molecule has 1 aromatic heterocycles. The fraction of sp³-hybridized carbons (Fsp3) is 0.417. The van der Waals surface area contributed by atoms with Crippen LogP contribution in [0.25, 0.3) is 0 Å². The molecular weight excluding hydrogens is 291 g/mol. The van der Waals surface area contributed by atoms with Gasteiger partial charge in [-0.2, -0.15) is 13.2 Å². The van der Waals surface area contributed by atoms with Crippen molar-refractivity contribution in [1.82, 2.24) is 15.6 Å². The summed E-state index contributed by atoms with van der Waals surface area (Å²) in [5.74, 6) is -2.77. The monoisotopic (exact) mass is 305 g/mol. The molecule has 21 heavy (non-hydrogen) atoms. The second kappa shape index (κ2) is 7.02. The first kappa shape index (κ1) is 16.9. The minimum absolute atomic E-state index is 0.0105. The molecule has 0 bridgehead atoms. The maximum Gasteiger partial charge on any atom is 0.490 e. The van der Waals surface area contributed by atoms with Crippen LogP contribution in [0.3, 0.4) is 0 Å². The number of alkyl halides is 3. The molecule has 1 aliphatic rings. The molecule has 0 spiro atoms. The number of nitrogens with one attached hydrogen (secondary N) is 2. The Morgan fingerprint density at radius 3 is 2.57 bits per heavy atom. The molecule has 3 N–H and O–H groups in total. The molecule has 0 aromatic carbocycles. The molecule has 9 heteroatoms. The number of hydrogen-bond acceptors (Lipinski definition) is 4. The zero-order chi connectivity index (χ0) is 16.0. The van der Waals surface area contributed by atoms with E-state index in [-0.39, 0.29) is 5.91 Å². The Hall–Kier alpha value is -2.16. The molecule has 0 fully saturated rings. The van der Waals surface area contributed by atoms with Crippen molar-refractivity contribution in [1.29, 1.82) is 0 Å². The van der Waals surface area contributed by atoms with Crippen LogP contribution in [0, 0.1) is 0 Å². The molecule has 1 aliphatic heterocycles. The number of hydrogen-bond donors (Lipinski definition) is 3. The quantitative estimate of drug-likeness (QED) is 0.757. The van der Waals surface area contributed by atoms with E-state index in [1.165, 1.54) is 12.5 Å². The summed E-state index contributed by atoms with van der Waals surface area (Å²) in [6.07, 6.45) is -3.26. The SMILES string of the molecule is CC(=O)NCc1cnc2c(c1)CNC2.O=C(O)C(F)(F)F. The van der Waals surface area contributed by atoms with Crippen LogP contribution in [0.15, 0.2) is 12.3 Å². The standard InChI is InChI=1S/C10H13N3O.C2HF3O2/c1-7(14)12-3-8-2-9-5-11-6-10(9)13-4-8;3-2(4,5)1(6)7/h2,4,11H,3,5-6H2,1H3,(H,12,14);(H,6,7). The molecule has 2 rings (SSSR count). The topological polar surface area (TPSA) is 91.3 Å². The molecule has 0 saturated carbocycles. The Labute approximate surface area is 118 Å². The predicted molar refractivity (Wildman–Crippen MR) is 66.0 cm³/mol. The van der Waals surface area contributed by atoms with Crippen LogP contribution < -0.4 is 10.6 Å². The number of halogens is 3. The van der Waals surface area contributed by atoms with Crippen LogP contribution in [0.2, 0.25) is 0 Å². The van der Waals surface area contributed by atoms with Gasteiger partial charge in [-0.05, 0) is 17.2 Å². The van der Waals surface area contributed by atoms with Crippen LogP contribution >= 0.6 is 0 Å². The fourth-order valence-corrected chi connectivity index (χ4v) is 1.54. The van der Waals surface area contributed by atoms with E-state index in [0.29, 0.717) is 6.54 Å². The van der Waals surface area contributed by atoms with Gasteiger partial charge in [-0.3, -0.25) is 9.78 Å². The molecule has 0 atom stereocenters. The van der Waals surface area contributed by atoms with E-state index in [9.17, 15) is 18.0 Å². The van der Waals surface area contributed by atoms with Crippen molar-refractivity contribution in [2.24, 2.45) is 0 Å². The van der Waals surface area contributed by atoms with E-state index in [1.807, 2.05) is 6.20 Å². The third-order valence-corrected chi connectivity index (χ3v) is 2.51. The van der Waals surface area contributed by atoms with Crippen LogP contribution in [-0.4, -0.2) is 28.1 Å². The first-order valence-corrected chi connectivity index (χ1v) is 5.92. The molecule has 0 unspecified atom stereocenters. The number of rotatable bonds is 2. The Morgan fingerprint density at radius 1 is 1.43 bits per heavy atom. The summed E-state index contributed by atoms with van der Waals surface area (Å²) >= 11 is 0. The molecule has 0 radical (unpaired) electrons. The number of pyridine rings is 1. The first-order valence-electron chi connectivity index (χ1n) is 5.92. The van der Waals surface area contributed by atoms with E-state index < -0.39 is 12.1 Å². The van der Waals surface area contributed by atoms with E-state index in [0.717, 1.165) is 24.3 Å². The van der Waals surface area contributed by atoms with E-state index in [1.54, 1.807) is 0 Å². The average Bonchev–Trinajstić information content (AvgIpc) is 2.83. The van der Waals surface area contributed by atoms with Crippen LogP contribution in [0.5, 0.6) is 0 Å². The molecule has 0 saturated heterocycles. The molecular formula is C12H14F3N3O3.